The minimum atomic E-state index is 0.0418. The first-order valence-corrected chi connectivity index (χ1v) is 10.9. The first-order chi connectivity index (χ1) is 13.8. The summed E-state index contributed by atoms with van der Waals surface area (Å²) in [7, 11) is 0. The number of fused-ring (bicyclic) bond motifs is 2. The molecule has 0 aromatic carbocycles. The zero-order valence-corrected chi connectivity index (χ0v) is 16.7. The molecule has 3 aromatic heterocycles. The smallest absolute Gasteiger partial charge is 0.267 e. The number of aromatic nitrogens is 4. The van der Waals surface area contributed by atoms with Crippen LogP contribution >= 0.6 is 11.3 Å². The molecule has 1 aliphatic heterocycles. The SMILES string of the molecule is O=c1cc2c(nn1CCN1CCN(c3ncnc4sccc34)CC1)CCCC2. The van der Waals surface area contributed by atoms with Crippen molar-refractivity contribution in [2.75, 3.05) is 37.6 Å². The van der Waals surface area contributed by atoms with E-state index in [0.29, 0.717) is 6.54 Å². The summed E-state index contributed by atoms with van der Waals surface area (Å²) in [5.41, 5.74) is 2.32. The molecule has 28 heavy (non-hydrogen) atoms. The molecule has 1 saturated heterocycles. The van der Waals surface area contributed by atoms with Crippen LogP contribution in [0.4, 0.5) is 5.82 Å². The van der Waals surface area contributed by atoms with Gasteiger partial charge in [-0.1, -0.05) is 0 Å². The molecule has 146 valence electrons. The quantitative estimate of drug-likeness (QED) is 0.672. The Morgan fingerprint density at radius 3 is 2.79 bits per heavy atom. The molecule has 0 unspecified atom stereocenters. The van der Waals surface area contributed by atoms with Crippen LogP contribution in [0.2, 0.25) is 0 Å². The van der Waals surface area contributed by atoms with E-state index in [1.54, 1.807) is 28.4 Å². The Morgan fingerprint density at radius 1 is 1.04 bits per heavy atom. The lowest BCUT2D eigenvalue weighted by molar-refractivity contribution is 0.242. The molecule has 0 atom stereocenters. The first kappa shape index (κ1) is 17.8. The van der Waals surface area contributed by atoms with Gasteiger partial charge >= 0.3 is 0 Å². The summed E-state index contributed by atoms with van der Waals surface area (Å²) in [5, 5.41) is 7.86. The third-order valence-corrected chi connectivity index (χ3v) is 6.64. The highest BCUT2D eigenvalue weighted by Gasteiger charge is 2.20. The van der Waals surface area contributed by atoms with Crippen molar-refractivity contribution in [1.29, 1.82) is 0 Å². The minimum absolute atomic E-state index is 0.0418. The van der Waals surface area contributed by atoms with Crippen LogP contribution in [0.1, 0.15) is 24.1 Å². The normalized spacial score (nSPS) is 17.8. The minimum Gasteiger partial charge on any atom is -0.353 e. The van der Waals surface area contributed by atoms with Crippen LogP contribution in [0.25, 0.3) is 10.2 Å². The summed E-state index contributed by atoms with van der Waals surface area (Å²) in [6, 6.07) is 3.91. The average molecular weight is 397 g/mol. The van der Waals surface area contributed by atoms with E-state index in [1.807, 2.05) is 0 Å². The number of rotatable bonds is 4. The average Bonchev–Trinajstić information content (AvgIpc) is 3.22. The Hall–Kier alpha value is -2.32. The molecule has 0 N–H and O–H groups in total. The van der Waals surface area contributed by atoms with Crippen molar-refractivity contribution in [2.24, 2.45) is 0 Å². The number of hydrogen-bond donors (Lipinski definition) is 0. The van der Waals surface area contributed by atoms with Crippen LogP contribution in [-0.4, -0.2) is 57.4 Å². The summed E-state index contributed by atoms with van der Waals surface area (Å²) < 4.78 is 1.66. The maximum absolute atomic E-state index is 12.4. The monoisotopic (exact) mass is 396 g/mol. The van der Waals surface area contributed by atoms with Crippen molar-refractivity contribution >= 4 is 27.4 Å². The van der Waals surface area contributed by atoms with E-state index < -0.39 is 0 Å². The Bertz CT molecular complexity index is 1040. The van der Waals surface area contributed by atoms with Gasteiger partial charge in [0.1, 0.15) is 17.0 Å². The molecular formula is C20H24N6OS. The number of anilines is 1. The lowest BCUT2D eigenvalue weighted by Gasteiger charge is -2.35. The fourth-order valence-electron chi connectivity index (χ4n) is 4.21. The van der Waals surface area contributed by atoms with Gasteiger partial charge in [-0.3, -0.25) is 9.69 Å². The van der Waals surface area contributed by atoms with Crippen LogP contribution in [0.5, 0.6) is 0 Å². The summed E-state index contributed by atoms with van der Waals surface area (Å²) in [6.45, 7) is 5.33. The highest BCUT2D eigenvalue weighted by molar-refractivity contribution is 7.16. The number of thiophene rings is 1. The van der Waals surface area contributed by atoms with E-state index in [2.05, 4.69) is 36.3 Å². The van der Waals surface area contributed by atoms with Crippen LogP contribution in [-0.2, 0) is 19.4 Å². The summed E-state index contributed by atoms with van der Waals surface area (Å²) in [4.78, 5) is 27.0. The Kier molecular flexibility index (Phi) is 4.82. The largest absolute Gasteiger partial charge is 0.353 e. The van der Waals surface area contributed by atoms with Crippen molar-refractivity contribution in [1.82, 2.24) is 24.6 Å². The maximum Gasteiger partial charge on any atom is 0.267 e. The Labute approximate surface area is 167 Å². The third-order valence-electron chi connectivity index (χ3n) is 5.81. The Morgan fingerprint density at radius 2 is 1.89 bits per heavy atom. The molecule has 7 nitrogen and oxygen atoms in total. The van der Waals surface area contributed by atoms with Crippen molar-refractivity contribution < 1.29 is 0 Å². The topological polar surface area (TPSA) is 67.2 Å². The fraction of sp³-hybridized carbons (Fsp3) is 0.500. The number of piperazine rings is 1. The van der Waals surface area contributed by atoms with Gasteiger partial charge in [0.05, 0.1) is 17.6 Å². The van der Waals surface area contributed by atoms with Gasteiger partial charge in [0.2, 0.25) is 0 Å². The molecule has 0 spiro atoms. The van der Waals surface area contributed by atoms with E-state index in [-0.39, 0.29) is 5.56 Å². The number of hydrogen-bond acceptors (Lipinski definition) is 7. The lowest BCUT2D eigenvalue weighted by atomic mass is 9.97. The van der Waals surface area contributed by atoms with Crippen molar-refractivity contribution in [3.05, 3.63) is 45.5 Å². The molecular weight excluding hydrogens is 372 g/mol. The highest BCUT2D eigenvalue weighted by atomic mass is 32.1. The highest BCUT2D eigenvalue weighted by Crippen LogP contribution is 2.27. The number of aryl methyl sites for hydroxylation is 2. The second-order valence-electron chi connectivity index (χ2n) is 7.55. The molecule has 3 aromatic rings. The molecule has 1 aliphatic carbocycles. The van der Waals surface area contributed by atoms with Crippen molar-refractivity contribution in [3.63, 3.8) is 0 Å². The molecule has 2 aliphatic rings. The van der Waals surface area contributed by atoms with E-state index >= 15 is 0 Å². The molecule has 4 heterocycles. The molecule has 1 fully saturated rings. The van der Waals surface area contributed by atoms with Crippen LogP contribution in [0, 0.1) is 0 Å². The van der Waals surface area contributed by atoms with Gasteiger partial charge in [0, 0.05) is 38.8 Å². The summed E-state index contributed by atoms with van der Waals surface area (Å²) >= 11 is 1.66. The van der Waals surface area contributed by atoms with E-state index in [9.17, 15) is 4.79 Å². The molecule has 0 bridgehead atoms. The van der Waals surface area contributed by atoms with Crippen LogP contribution in [0.15, 0.2) is 28.6 Å². The molecule has 0 radical (unpaired) electrons. The molecule has 0 saturated carbocycles. The van der Waals surface area contributed by atoms with E-state index in [0.717, 1.165) is 72.9 Å². The molecule has 5 rings (SSSR count). The van der Waals surface area contributed by atoms with Crippen molar-refractivity contribution in [2.45, 2.75) is 32.2 Å². The second-order valence-corrected chi connectivity index (χ2v) is 8.44. The van der Waals surface area contributed by atoms with Gasteiger partial charge in [-0.2, -0.15) is 5.10 Å². The third kappa shape index (κ3) is 3.42. The summed E-state index contributed by atoms with van der Waals surface area (Å²) in [6.07, 6.45) is 6.02. The lowest BCUT2D eigenvalue weighted by Crippen LogP contribution is -2.48. The van der Waals surface area contributed by atoms with E-state index in [4.69, 9.17) is 0 Å². The zero-order chi connectivity index (χ0) is 18.9. The van der Waals surface area contributed by atoms with Gasteiger partial charge in [0.25, 0.3) is 5.56 Å². The number of nitrogens with zero attached hydrogens (tertiary/aromatic N) is 6. The van der Waals surface area contributed by atoms with Gasteiger partial charge in [-0.15, -0.1) is 11.3 Å². The zero-order valence-electron chi connectivity index (χ0n) is 15.9. The predicted octanol–water partition coefficient (Wildman–Crippen LogP) is 1.95. The standard InChI is InChI=1S/C20H24N6OS/c27-18-13-15-3-1-2-4-17(15)23-26(18)11-8-24-6-9-25(10-7-24)19-16-5-12-28-20(16)22-14-21-19/h5,12-14H,1-4,6-11H2. The van der Waals surface area contributed by atoms with Crippen LogP contribution in [0.3, 0.4) is 0 Å². The van der Waals surface area contributed by atoms with Gasteiger partial charge in [0.15, 0.2) is 0 Å². The molecule has 0 amide bonds. The second kappa shape index (κ2) is 7.60. The van der Waals surface area contributed by atoms with Gasteiger partial charge in [-0.05, 0) is 42.7 Å². The fourth-order valence-corrected chi connectivity index (χ4v) is 4.94. The molecule has 8 heteroatoms. The van der Waals surface area contributed by atoms with Gasteiger partial charge in [-0.25, -0.2) is 14.6 Å². The van der Waals surface area contributed by atoms with E-state index in [1.165, 1.54) is 12.8 Å². The van der Waals surface area contributed by atoms with Crippen LogP contribution < -0.4 is 10.5 Å². The van der Waals surface area contributed by atoms with Crippen molar-refractivity contribution in [3.8, 4) is 0 Å². The summed E-state index contributed by atoms with van der Waals surface area (Å²) in [5.74, 6) is 1.04. The maximum atomic E-state index is 12.4. The van der Waals surface area contributed by atoms with Gasteiger partial charge < -0.3 is 4.90 Å². The Balaban J connectivity index is 1.21. The first-order valence-electron chi connectivity index (χ1n) is 10.0. The predicted molar refractivity (Wildman–Crippen MR) is 111 cm³/mol.